The number of ether oxygens (including phenoxy) is 1. The molecule has 11 heteroatoms. The quantitative estimate of drug-likeness (QED) is 0.238. The number of nitrogens with zero attached hydrogens (tertiary/aromatic N) is 4. The summed E-state index contributed by atoms with van der Waals surface area (Å²) < 4.78 is 46.3. The molecule has 2 fully saturated rings. The van der Waals surface area contributed by atoms with Crippen LogP contribution in [0.1, 0.15) is 64.7 Å². The molecule has 0 spiro atoms. The van der Waals surface area contributed by atoms with E-state index in [4.69, 9.17) is 0 Å². The van der Waals surface area contributed by atoms with Crippen molar-refractivity contribution < 1.29 is 27.5 Å². The molecule has 3 heterocycles. The van der Waals surface area contributed by atoms with Gasteiger partial charge in [0.15, 0.2) is 5.13 Å². The van der Waals surface area contributed by atoms with E-state index in [2.05, 4.69) is 14.7 Å². The van der Waals surface area contributed by atoms with Crippen molar-refractivity contribution in [3.05, 3.63) is 41.7 Å². The lowest BCUT2D eigenvalue weighted by Gasteiger charge is -2.25. The zero-order chi connectivity index (χ0) is 29.8. The molecular weight excluding hydrogens is 565 g/mol. The molecule has 7 nitrogen and oxygen atoms in total. The van der Waals surface area contributed by atoms with Gasteiger partial charge in [0.2, 0.25) is 16.9 Å². The van der Waals surface area contributed by atoms with Gasteiger partial charge in [0.05, 0.1) is 0 Å². The van der Waals surface area contributed by atoms with Crippen LogP contribution in [-0.2, 0) is 9.59 Å². The highest BCUT2D eigenvalue weighted by atomic mass is 32.1. The van der Waals surface area contributed by atoms with Crippen LogP contribution in [0.5, 0.6) is 5.75 Å². The maximum absolute atomic E-state index is 15.5. The number of benzene rings is 1. The van der Waals surface area contributed by atoms with E-state index in [0.29, 0.717) is 42.2 Å². The van der Waals surface area contributed by atoms with E-state index < -0.39 is 11.7 Å². The van der Waals surface area contributed by atoms with Crippen molar-refractivity contribution in [2.75, 3.05) is 23.4 Å². The number of anilines is 2. The third-order valence-electron chi connectivity index (χ3n) is 8.26. The Morgan fingerprint density at radius 2 is 1.93 bits per heavy atom. The number of pyridine rings is 1. The van der Waals surface area contributed by atoms with Crippen LogP contribution >= 0.6 is 11.3 Å². The smallest absolute Gasteiger partial charge is 0.387 e. The Balaban J connectivity index is 1.46. The molecule has 0 radical (unpaired) electrons. The van der Waals surface area contributed by atoms with Crippen LogP contribution < -0.4 is 14.5 Å². The van der Waals surface area contributed by atoms with Gasteiger partial charge in [-0.15, -0.1) is 0 Å². The van der Waals surface area contributed by atoms with Gasteiger partial charge in [-0.1, -0.05) is 43.9 Å². The molecule has 2 aliphatic rings. The normalized spacial score (nSPS) is 16.7. The van der Waals surface area contributed by atoms with Gasteiger partial charge >= 0.3 is 6.61 Å². The zero-order valence-electron chi connectivity index (χ0n) is 23.8. The number of piperidine rings is 1. The fourth-order valence-electron chi connectivity index (χ4n) is 5.96. The van der Waals surface area contributed by atoms with Crippen LogP contribution in [0.15, 0.2) is 36.5 Å². The first-order chi connectivity index (χ1) is 20.2. The van der Waals surface area contributed by atoms with Crippen LogP contribution in [0.3, 0.4) is 0 Å². The summed E-state index contributed by atoms with van der Waals surface area (Å²) >= 11 is 0.740. The minimum atomic E-state index is -3.06. The van der Waals surface area contributed by atoms with Gasteiger partial charge in [-0.25, -0.2) is 9.97 Å². The van der Waals surface area contributed by atoms with E-state index in [1.807, 2.05) is 6.92 Å². The first-order valence-corrected chi connectivity index (χ1v) is 15.4. The third kappa shape index (κ3) is 6.61. The number of alkyl halides is 2. The van der Waals surface area contributed by atoms with Crippen LogP contribution in [0.4, 0.5) is 24.1 Å². The Kier molecular flexibility index (Phi) is 9.45. The molecule has 1 aliphatic carbocycles. The van der Waals surface area contributed by atoms with E-state index in [-0.39, 0.29) is 39.9 Å². The second-order valence-electron chi connectivity index (χ2n) is 11.0. The average Bonchev–Trinajstić information content (AvgIpc) is 3.65. The minimum Gasteiger partial charge on any atom is -0.435 e. The molecule has 2 aromatic heterocycles. The van der Waals surface area contributed by atoms with Gasteiger partial charge in [-0.05, 0) is 67.5 Å². The van der Waals surface area contributed by atoms with Crippen LogP contribution in [-0.4, -0.2) is 42.0 Å². The summed E-state index contributed by atoms with van der Waals surface area (Å²) in [5.41, 5.74) is 1.25. The lowest BCUT2D eigenvalue weighted by Crippen LogP contribution is -2.35. The molecule has 0 bridgehead atoms. The Morgan fingerprint density at radius 1 is 1.14 bits per heavy atom. The molecule has 0 unspecified atom stereocenters. The lowest BCUT2D eigenvalue weighted by atomic mass is 9.90. The molecule has 3 aromatic rings. The maximum Gasteiger partial charge on any atom is 0.387 e. The van der Waals surface area contributed by atoms with E-state index in [9.17, 15) is 18.4 Å². The van der Waals surface area contributed by atoms with Gasteiger partial charge in [0, 0.05) is 43.3 Å². The van der Waals surface area contributed by atoms with Crippen molar-refractivity contribution in [2.24, 2.45) is 11.8 Å². The fourth-order valence-corrected chi connectivity index (χ4v) is 6.74. The van der Waals surface area contributed by atoms with Gasteiger partial charge in [-0.2, -0.15) is 13.2 Å². The van der Waals surface area contributed by atoms with Gasteiger partial charge in [-0.3, -0.25) is 19.4 Å². The fraction of sp³-hybridized carbons (Fsp3) is 0.484. The number of carbonyl (C=O) groups is 2. The lowest BCUT2D eigenvalue weighted by molar-refractivity contribution is -0.122. The Labute approximate surface area is 247 Å². The SMILES string of the molecule is CC[C@H](CC1CCCC1)C(=O)N(C)c1nc(-c2cc(OC(F)F)ccc2-c2ccc(N3CCCCC3=O)nc2)c(F)s1. The van der Waals surface area contributed by atoms with Crippen molar-refractivity contribution in [3.8, 4) is 28.1 Å². The van der Waals surface area contributed by atoms with Crippen LogP contribution in [0.2, 0.25) is 0 Å². The molecule has 2 amide bonds. The van der Waals surface area contributed by atoms with Gasteiger partial charge in [0.25, 0.3) is 0 Å². The summed E-state index contributed by atoms with van der Waals surface area (Å²) in [7, 11) is 1.60. The highest BCUT2D eigenvalue weighted by molar-refractivity contribution is 7.14. The largest absolute Gasteiger partial charge is 0.435 e. The Hall–Kier alpha value is -3.47. The predicted molar refractivity (Wildman–Crippen MR) is 157 cm³/mol. The third-order valence-corrected chi connectivity index (χ3v) is 9.18. The van der Waals surface area contributed by atoms with Crippen LogP contribution in [0.25, 0.3) is 22.4 Å². The van der Waals surface area contributed by atoms with E-state index in [1.165, 1.54) is 29.9 Å². The van der Waals surface area contributed by atoms with Crippen molar-refractivity contribution >= 4 is 34.1 Å². The second-order valence-corrected chi connectivity index (χ2v) is 11.9. The summed E-state index contributed by atoms with van der Waals surface area (Å²) in [6.07, 6.45) is 9.93. The number of rotatable bonds is 10. The standard InChI is InChI=1S/C31H35F3N4O3S/c1-3-20(16-19-8-4-5-9-19)29(40)37(2)31-36-27(28(32)42-31)24-17-22(41-30(33)34)12-13-23(24)21-11-14-25(35-18-21)38-15-7-6-10-26(38)39/h11-14,17-20,30H,3-10,15-16H2,1-2H3/t20-/m1/s1. The summed E-state index contributed by atoms with van der Waals surface area (Å²) in [5, 5.41) is -0.451. The molecule has 1 aromatic carbocycles. The number of carbonyl (C=O) groups excluding carboxylic acids is 2. The highest BCUT2D eigenvalue weighted by Crippen LogP contribution is 2.40. The number of amides is 2. The van der Waals surface area contributed by atoms with Crippen molar-refractivity contribution in [1.82, 2.24) is 9.97 Å². The Bertz CT molecular complexity index is 1410. The monoisotopic (exact) mass is 600 g/mol. The number of halogens is 3. The average molecular weight is 601 g/mol. The Morgan fingerprint density at radius 3 is 2.60 bits per heavy atom. The number of hydrogen-bond donors (Lipinski definition) is 0. The summed E-state index contributed by atoms with van der Waals surface area (Å²) in [5.74, 6) is 0.639. The van der Waals surface area contributed by atoms with E-state index >= 15 is 4.39 Å². The number of thiazole rings is 1. The number of hydrogen-bond acceptors (Lipinski definition) is 6. The minimum absolute atomic E-state index is 0.0139. The molecule has 1 saturated heterocycles. The zero-order valence-corrected chi connectivity index (χ0v) is 24.6. The molecule has 0 N–H and O–H groups in total. The second kappa shape index (κ2) is 13.2. The van der Waals surface area contributed by atoms with Gasteiger partial charge < -0.3 is 4.74 Å². The highest BCUT2D eigenvalue weighted by Gasteiger charge is 2.29. The topological polar surface area (TPSA) is 75.6 Å². The van der Waals surface area contributed by atoms with Gasteiger partial charge in [0.1, 0.15) is 17.3 Å². The summed E-state index contributed by atoms with van der Waals surface area (Å²) in [4.78, 5) is 37.8. The van der Waals surface area contributed by atoms with E-state index in [0.717, 1.165) is 43.4 Å². The van der Waals surface area contributed by atoms with Crippen molar-refractivity contribution in [1.29, 1.82) is 0 Å². The molecular formula is C31H35F3N4O3S. The molecule has 5 rings (SSSR count). The molecule has 42 heavy (non-hydrogen) atoms. The molecule has 1 atom stereocenters. The molecule has 1 saturated carbocycles. The van der Waals surface area contributed by atoms with Crippen molar-refractivity contribution in [3.63, 3.8) is 0 Å². The van der Waals surface area contributed by atoms with Crippen LogP contribution in [0, 0.1) is 17.0 Å². The summed E-state index contributed by atoms with van der Waals surface area (Å²) in [6, 6.07) is 7.73. The predicted octanol–water partition coefficient (Wildman–Crippen LogP) is 7.70. The molecule has 224 valence electrons. The molecule has 1 aliphatic heterocycles. The first-order valence-electron chi connectivity index (χ1n) is 14.5. The van der Waals surface area contributed by atoms with Crippen molar-refractivity contribution in [2.45, 2.75) is 71.3 Å². The first kappa shape index (κ1) is 30.0. The summed E-state index contributed by atoms with van der Waals surface area (Å²) in [6.45, 7) is -0.480. The maximum atomic E-state index is 15.5. The van der Waals surface area contributed by atoms with E-state index in [1.54, 1.807) is 36.3 Å². The number of aromatic nitrogens is 2.